The average Bonchev–Trinajstić information content (AvgIpc) is 3.14. The van der Waals surface area contributed by atoms with Gasteiger partial charge in [0.1, 0.15) is 18.4 Å². The zero-order chi connectivity index (χ0) is 29.4. The third-order valence-corrected chi connectivity index (χ3v) is 7.72. The van der Waals surface area contributed by atoms with Crippen LogP contribution in [-0.4, -0.2) is 52.2 Å². The number of oxime groups is 1. The van der Waals surface area contributed by atoms with Crippen molar-refractivity contribution in [3.05, 3.63) is 53.4 Å². The van der Waals surface area contributed by atoms with Crippen LogP contribution in [0.4, 0.5) is 27.6 Å². The number of nitrogens with two attached hydrogens (primary N) is 1. The van der Waals surface area contributed by atoms with Crippen LogP contribution in [0.15, 0.2) is 35.6 Å². The highest BCUT2D eigenvalue weighted by Crippen LogP contribution is 2.55. The molecule has 2 heterocycles. The lowest BCUT2D eigenvalue weighted by molar-refractivity contribution is -0.272. The monoisotopic (exact) mass is 570 g/mol. The van der Waals surface area contributed by atoms with Gasteiger partial charge in [-0.1, -0.05) is 24.6 Å². The van der Waals surface area contributed by atoms with Crippen molar-refractivity contribution in [1.29, 1.82) is 0 Å². The van der Waals surface area contributed by atoms with Gasteiger partial charge in [-0.3, -0.25) is 14.6 Å². The fourth-order valence-corrected chi connectivity index (χ4v) is 4.95. The summed E-state index contributed by atoms with van der Waals surface area (Å²) in [6.45, 7) is 1.50. The van der Waals surface area contributed by atoms with Crippen molar-refractivity contribution in [2.75, 3.05) is 11.9 Å². The molecule has 1 saturated heterocycles. The van der Waals surface area contributed by atoms with Gasteiger partial charge >= 0.3 is 6.18 Å². The number of carbonyl (C=O) groups excluding carboxylic acids is 2. The van der Waals surface area contributed by atoms with E-state index in [-0.39, 0.29) is 28.6 Å². The summed E-state index contributed by atoms with van der Waals surface area (Å²) in [5.41, 5.74) is 2.07. The van der Waals surface area contributed by atoms with Crippen LogP contribution < -0.4 is 15.8 Å². The summed E-state index contributed by atoms with van der Waals surface area (Å²) < 4.78 is 83.0. The Balaban J connectivity index is 1.74. The van der Waals surface area contributed by atoms with E-state index in [2.05, 4.69) is 15.5 Å². The van der Waals surface area contributed by atoms with E-state index in [1.165, 1.54) is 13.0 Å². The Kier molecular flexibility index (Phi) is 8.01. The molecule has 9 nitrogen and oxygen atoms in total. The number of rotatable bonds is 8. The lowest BCUT2D eigenvalue weighted by Gasteiger charge is -2.32. The Morgan fingerprint density at radius 2 is 1.98 bits per heavy atom. The molecule has 216 valence electrons. The SMILES string of the molecule is C[C@H]1[C@@H](c2ccc(F)c(F)c2OC/C(=N/O)C2CCC2)[C@H](C(=O)Nc2ccnc(C(N)=O)c2)O[C@@]1(C)C(F)(F)F. The average molecular weight is 571 g/mol. The van der Waals surface area contributed by atoms with Crippen LogP contribution in [0, 0.1) is 23.5 Å². The standard InChI is InChI=1S/C26H27F5N4O5/c1-12-19(15-6-7-16(27)20(28)21(15)39-11-18(35-38)13-4-3-5-13)22(40-25(12,2)26(29,30)31)24(37)34-14-8-9-33-17(10-14)23(32)36/h6-10,12-13,19,22,38H,3-5,11H2,1-2H3,(H2,32,36)(H,33,34,37)/b35-18-/t12-,19-,22+,25+/m0/s1. The fraction of sp³-hybridized carbons (Fsp3) is 0.462. The third-order valence-electron chi connectivity index (χ3n) is 7.72. The van der Waals surface area contributed by atoms with Crippen LogP contribution in [0.1, 0.15) is 55.1 Å². The van der Waals surface area contributed by atoms with Gasteiger partial charge in [-0.2, -0.15) is 17.6 Å². The maximum Gasteiger partial charge on any atom is 0.417 e. The van der Waals surface area contributed by atoms with E-state index in [1.807, 2.05) is 0 Å². The Labute approximate surface area is 225 Å². The molecule has 0 unspecified atom stereocenters. The van der Waals surface area contributed by atoms with Crippen LogP contribution >= 0.6 is 0 Å². The maximum absolute atomic E-state index is 15.1. The van der Waals surface area contributed by atoms with Gasteiger partial charge in [-0.15, -0.1) is 0 Å². The van der Waals surface area contributed by atoms with Crippen LogP contribution in [0.5, 0.6) is 5.75 Å². The third kappa shape index (κ3) is 5.31. The fourth-order valence-electron chi connectivity index (χ4n) is 4.95. The molecule has 2 fully saturated rings. The van der Waals surface area contributed by atoms with Crippen LogP contribution in [0.2, 0.25) is 0 Å². The Hall–Kier alpha value is -3.81. The molecule has 2 aromatic rings. The van der Waals surface area contributed by atoms with Gasteiger partial charge in [-0.25, -0.2) is 4.39 Å². The summed E-state index contributed by atoms with van der Waals surface area (Å²) in [5.74, 6) is -8.54. The summed E-state index contributed by atoms with van der Waals surface area (Å²) in [5, 5.41) is 14.9. The second-order valence-electron chi connectivity index (χ2n) is 10.0. The molecule has 4 atom stereocenters. The van der Waals surface area contributed by atoms with Gasteiger partial charge in [0.25, 0.3) is 11.8 Å². The number of nitrogens with zero attached hydrogens (tertiary/aromatic N) is 2. The van der Waals surface area contributed by atoms with Gasteiger partial charge in [0.2, 0.25) is 5.82 Å². The molecular formula is C26H27F5N4O5. The Morgan fingerprint density at radius 3 is 2.55 bits per heavy atom. The van der Waals surface area contributed by atoms with Crippen molar-refractivity contribution in [1.82, 2.24) is 4.98 Å². The minimum Gasteiger partial charge on any atom is -0.484 e. The van der Waals surface area contributed by atoms with Gasteiger partial charge < -0.3 is 25.7 Å². The minimum atomic E-state index is -4.95. The number of nitrogens with one attached hydrogen (secondary N) is 1. The first-order valence-corrected chi connectivity index (χ1v) is 12.4. The van der Waals surface area contributed by atoms with Crippen LogP contribution in [-0.2, 0) is 9.53 Å². The number of hydrogen-bond donors (Lipinski definition) is 3. The normalized spacial score (nSPS) is 25.4. The lowest BCUT2D eigenvalue weighted by Crippen LogP contribution is -2.47. The van der Waals surface area contributed by atoms with Gasteiger partial charge in [0, 0.05) is 35.2 Å². The first-order valence-electron chi connectivity index (χ1n) is 12.4. The zero-order valence-corrected chi connectivity index (χ0v) is 21.5. The largest absolute Gasteiger partial charge is 0.484 e. The number of carbonyl (C=O) groups is 2. The van der Waals surface area contributed by atoms with Crippen molar-refractivity contribution < 1.29 is 46.2 Å². The van der Waals surface area contributed by atoms with Crippen molar-refractivity contribution >= 4 is 23.2 Å². The highest BCUT2D eigenvalue weighted by atomic mass is 19.4. The van der Waals surface area contributed by atoms with Crippen molar-refractivity contribution in [3.8, 4) is 5.75 Å². The molecule has 1 aliphatic heterocycles. The predicted octanol–water partition coefficient (Wildman–Crippen LogP) is 4.55. The zero-order valence-electron chi connectivity index (χ0n) is 21.5. The van der Waals surface area contributed by atoms with E-state index in [1.54, 1.807) is 0 Å². The highest BCUT2D eigenvalue weighted by Gasteiger charge is 2.66. The molecule has 0 spiro atoms. The number of benzene rings is 1. The van der Waals surface area contributed by atoms with Gasteiger partial charge in [0.05, 0.1) is 5.71 Å². The number of ether oxygens (including phenoxy) is 2. The molecule has 1 aromatic heterocycles. The molecule has 4 rings (SSSR count). The quantitative estimate of drug-likeness (QED) is 0.185. The number of pyridine rings is 1. The predicted molar refractivity (Wildman–Crippen MR) is 131 cm³/mol. The van der Waals surface area contributed by atoms with Gasteiger partial charge in [-0.05, 0) is 38.0 Å². The second kappa shape index (κ2) is 11.0. The molecule has 1 aromatic carbocycles. The molecule has 40 heavy (non-hydrogen) atoms. The first kappa shape index (κ1) is 29.2. The number of halogens is 5. The smallest absolute Gasteiger partial charge is 0.417 e. The van der Waals surface area contributed by atoms with Crippen LogP contribution in [0.25, 0.3) is 0 Å². The molecule has 2 aliphatic rings. The number of hydrogen-bond acceptors (Lipinski definition) is 7. The molecule has 1 saturated carbocycles. The number of amides is 2. The van der Waals surface area contributed by atoms with E-state index in [0.29, 0.717) is 12.8 Å². The molecular weight excluding hydrogens is 543 g/mol. The van der Waals surface area contributed by atoms with E-state index < -0.39 is 65.5 Å². The molecule has 0 radical (unpaired) electrons. The Morgan fingerprint density at radius 1 is 1.27 bits per heavy atom. The number of anilines is 1. The summed E-state index contributed by atoms with van der Waals surface area (Å²) in [6, 6.07) is 4.16. The van der Waals surface area contributed by atoms with E-state index >= 15 is 4.39 Å². The van der Waals surface area contributed by atoms with Crippen molar-refractivity contribution in [2.24, 2.45) is 22.7 Å². The summed E-state index contributed by atoms with van der Waals surface area (Å²) >= 11 is 0. The first-order chi connectivity index (χ1) is 18.8. The molecule has 14 heteroatoms. The van der Waals surface area contributed by atoms with Crippen molar-refractivity contribution in [3.63, 3.8) is 0 Å². The van der Waals surface area contributed by atoms with Crippen LogP contribution in [0.3, 0.4) is 0 Å². The molecule has 4 N–H and O–H groups in total. The van der Waals surface area contributed by atoms with E-state index in [9.17, 15) is 32.4 Å². The topological polar surface area (TPSA) is 136 Å². The Bertz CT molecular complexity index is 1330. The van der Waals surface area contributed by atoms with Gasteiger partial charge in [0.15, 0.2) is 17.2 Å². The minimum absolute atomic E-state index is 0.00419. The summed E-state index contributed by atoms with van der Waals surface area (Å²) in [6.07, 6.45) is -3.35. The number of aromatic nitrogens is 1. The van der Waals surface area contributed by atoms with E-state index in [4.69, 9.17) is 15.2 Å². The number of alkyl halides is 3. The molecule has 1 aliphatic carbocycles. The van der Waals surface area contributed by atoms with Crippen molar-refractivity contribution in [2.45, 2.75) is 56.9 Å². The summed E-state index contributed by atoms with van der Waals surface area (Å²) in [4.78, 5) is 28.5. The maximum atomic E-state index is 15.1. The highest BCUT2D eigenvalue weighted by molar-refractivity contribution is 5.97. The second-order valence-corrected chi connectivity index (χ2v) is 10.0. The molecule has 2 amide bonds. The molecule has 0 bridgehead atoms. The summed E-state index contributed by atoms with van der Waals surface area (Å²) in [7, 11) is 0. The lowest BCUT2D eigenvalue weighted by atomic mass is 9.77. The number of primary amides is 1. The van der Waals surface area contributed by atoms with E-state index in [0.717, 1.165) is 37.7 Å².